The molecule has 1 amide bonds. The van der Waals surface area contributed by atoms with Gasteiger partial charge in [0.25, 0.3) is 0 Å². The zero-order chi connectivity index (χ0) is 18.8. The quantitative estimate of drug-likeness (QED) is 0.782. The van der Waals surface area contributed by atoms with Crippen molar-refractivity contribution in [2.75, 3.05) is 30.9 Å². The van der Waals surface area contributed by atoms with Crippen molar-refractivity contribution in [1.29, 1.82) is 0 Å². The smallest absolute Gasteiger partial charge is 0.246 e. The van der Waals surface area contributed by atoms with Crippen molar-refractivity contribution >= 4 is 23.3 Å². The van der Waals surface area contributed by atoms with Crippen molar-refractivity contribution in [3.8, 4) is 11.1 Å². The van der Waals surface area contributed by atoms with Crippen molar-refractivity contribution in [2.45, 2.75) is 0 Å². The lowest BCUT2D eigenvalue weighted by atomic mass is 9.97. The summed E-state index contributed by atoms with van der Waals surface area (Å²) in [6.45, 7) is 0.106. The van der Waals surface area contributed by atoms with Gasteiger partial charge in [-0.1, -0.05) is 36.4 Å². The van der Waals surface area contributed by atoms with Gasteiger partial charge in [0.15, 0.2) is 0 Å². The first-order valence-electron chi connectivity index (χ1n) is 8.66. The minimum atomic E-state index is -0.117. The first-order chi connectivity index (χ1) is 13.1. The topological polar surface area (TPSA) is 70.5 Å². The fourth-order valence-electron chi connectivity index (χ4n) is 3.00. The highest BCUT2D eigenvalue weighted by atomic mass is 16.1. The first kappa shape index (κ1) is 16.9. The van der Waals surface area contributed by atoms with E-state index < -0.39 is 0 Å². The Morgan fingerprint density at radius 2 is 1.67 bits per heavy atom. The number of carbonyl (C=O) groups excluding carboxylic acids is 1. The molecule has 2 heterocycles. The maximum atomic E-state index is 12.0. The zero-order valence-corrected chi connectivity index (χ0v) is 15.2. The Morgan fingerprint density at radius 3 is 2.37 bits per heavy atom. The van der Waals surface area contributed by atoms with Crippen LogP contribution in [-0.2, 0) is 4.79 Å². The Balaban J connectivity index is 1.81. The Labute approximate surface area is 157 Å². The van der Waals surface area contributed by atoms with E-state index in [0.29, 0.717) is 5.95 Å². The van der Waals surface area contributed by atoms with Gasteiger partial charge < -0.3 is 10.2 Å². The van der Waals surface area contributed by atoms with Crippen molar-refractivity contribution in [1.82, 2.24) is 9.97 Å². The van der Waals surface area contributed by atoms with E-state index in [1.165, 1.54) is 0 Å². The van der Waals surface area contributed by atoms with Crippen LogP contribution in [0.4, 0.5) is 11.6 Å². The molecule has 134 valence electrons. The summed E-state index contributed by atoms with van der Waals surface area (Å²) < 4.78 is 0. The van der Waals surface area contributed by atoms with Gasteiger partial charge in [-0.15, -0.1) is 0 Å². The molecule has 0 fully saturated rings. The largest absolute Gasteiger partial charge is 0.347 e. The predicted octanol–water partition coefficient (Wildman–Crippen LogP) is 3.00. The first-order valence-corrected chi connectivity index (χ1v) is 8.66. The summed E-state index contributed by atoms with van der Waals surface area (Å²) in [6.07, 6.45) is 3.61. The van der Waals surface area contributed by atoms with Gasteiger partial charge in [0.05, 0.1) is 11.4 Å². The minimum absolute atomic E-state index is 0.106. The van der Waals surface area contributed by atoms with Crippen LogP contribution in [-0.4, -0.2) is 42.2 Å². The molecule has 0 atom stereocenters. The second kappa shape index (κ2) is 6.99. The minimum Gasteiger partial charge on any atom is -0.347 e. The Bertz CT molecular complexity index is 1010. The third-order valence-corrected chi connectivity index (χ3v) is 4.35. The molecule has 0 spiro atoms. The summed E-state index contributed by atoms with van der Waals surface area (Å²) in [6, 6.07) is 15.8. The molecule has 1 aliphatic heterocycles. The number of nitrogens with zero attached hydrogens (tertiary/aromatic N) is 4. The molecule has 6 heteroatoms. The maximum Gasteiger partial charge on any atom is 0.246 e. The molecule has 0 aliphatic carbocycles. The van der Waals surface area contributed by atoms with Gasteiger partial charge in [-0.05, 0) is 17.7 Å². The fraction of sp³-hybridized carbons (Fsp3) is 0.143. The summed E-state index contributed by atoms with van der Waals surface area (Å²) in [5.41, 5.74) is 5.31. The number of anilines is 2. The molecular weight excluding hydrogens is 338 g/mol. The highest BCUT2D eigenvalue weighted by Crippen LogP contribution is 2.28. The Hall–Kier alpha value is -3.54. The van der Waals surface area contributed by atoms with E-state index in [1.54, 1.807) is 12.4 Å². The lowest BCUT2D eigenvalue weighted by Gasteiger charge is -2.13. The zero-order valence-electron chi connectivity index (χ0n) is 15.2. The SMILES string of the molecule is CN(C)c1ncc(-c2ccc3c(c2)C(c2ccccc2)=NCC(=O)N3)cn1. The summed E-state index contributed by atoms with van der Waals surface area (Å²) in [4.78, 5) is 27.2. The molecule has 0 saturated carbocycles. The van der Waals surface area contributed by atoms with Crippen LogP contribution >= 0.6 is 0 Å². The summed E-state index contributed by atoms with van der Waals surface area (Å²) in [5.74, 6) is 0.543. The number of fused-ring (bicyclic) bond motifs is 1. The fourth-order valence-corrected chi connectivity index (χ4v) is 3.00. The van der Waals surface area contributed by atoms with Gasteiger partial charge in [0.1, 0.15) is 6.54 Å². The highest BCUT2D eigenvalue weighted by molar-refractivity contribution is 6.19. The van der Waals surface area contributed by atoms with Crippen LogP contribution in [0.3, 0.4) is 0 Å². The van der Waals surface area contributed by atoms with Crippen LogP contribution in [0.15, 0.2) is 65.9 Å². The normalized spacial score (nSPS) is 13.3. The molecule has 1 aromatic heterocycles. The molecule has 6 nitrogen and oxygen atoms in total. The second-order valence-corrected chi connectivity index (χ2v) is 6.51. The molecule has 4 rings (SSSR count). The van der Waals surface area contributed by atoms with E-state index in [-0.39, 0.29) is 12.5 Å². The van der Waals surface area contributed by atoms with Gasteiger partial charge in [-0.25, -0.2) is 9.97 Å². The average molecular weight is 357 g/mol. The second-order valence-electron chi connectivity index (χ2n) is 6.51. The van der Waals surface area contributed by atoms with Crippen LogP contribution in [0.1, 0.15) is 11.1 Å². The molecule has 0 unspecified atom stereocenters. The Morgan fingerprint density at radius 1 is 0.926 bits per heavy atom. The molecule has 0 saturated heterocycles. The monoisotopic (exact) mass is 357 g/mol. The molecule has 27 heavy (non-hydrogen) atoms. The number of carbonyl (C=O) groups is 1. The Kier molecular flexibility index (Phi) is 4.38. The summed E-state index contributed by atoms with van der Waals surface area (Å²) in [7, 11) is 3.81. The molecule has 1 N–H and O–H groups in total. The van der Waals surface area contributed by atoms with Crippen LogP contribution < -0.4 is 10.2 Å². The van der Waals surface area contributed by atoms with E-state index in [9.17, 15) is 4.79 Å². The van der Waals surface area contributed by atoms with E-state index in [1.807, 2.05) is 67.5 Å². The number of amides is 1. The van der Waals surface area contributed by atoms with E-state index >= 15 is 0 Å². The lowest BCUT2D eigenvalue weighted by Crippen LogP contribution is -2.13. The summed E-state index contributed by atoms with van der Waals surface area (Å²) in [5, 5.41) is 2.93. The van der Waals surface area contributed by atoms with Crippen molar-refractivity contribution in [2.24, 2.45) is 4.99 Å². The van der Waals surface area contributed by atoms with Crippen LogP contribution in [0.5, 0.6) is 0 Å². The molecule has 1 aliphatic rings. The number of aliphatic imine (C=N–C) groups is 1. The lowest BCUT2D eigenvalue weighted by molar-refractivity contribution is -0.114. The van der Waals surface area contributed by atoms with Crippen molar-refractivity contribution < 1.29 is 4.79 Å². The average Bonchev–Trinajstić information content (AvgIpc) is 2.86. The highest BCUT2D eigenvalue weighted by Gasteiger charge is 2.18. The molecule has 0 bridgehead atoms. The number of benzene rings is 2. The number of nitrogens with one attached hydrogen (secondary N) is 1. The van der Waals surface area contributed by atoms with Crippen LogP contribution in [0.25, 0.3) is 11.1 Å². The third kappa shape index (κ3) is 3.42. The third-order valence-electron chi connectivity index (χ3n) is 4.35. The number of benzodiazepines with no additional fused rings is 1. The van der Waals surface area contributed by atoms with E-state index in [0.717, 1.165) is 33.7 Å². The van der Waals surface area contributed by atoms with Gasteiger partial charge in [0.2, 0.25) is 11.9 Å². The number of rotatable bonds is 3. The molecular formula is C21H19N5O. The molecule has 2 aromatic carbocycles. The van der Waals surface area contributed by atoms with Gasteiger partial charge >= 0.3 is 0 Å². The predicted molar refractivity (Wildman–Crippen MR) is 107 cm³/mol. The van der Waals surface area contributed by atoms with Crippen LogP contribution in [0.2, 0.25) is 0 Å². The maximum absolute atomic E-state index is 12.0. The van der Waals surface area contributed by atoms with Gasteiger partial charge in [-0.3, -0.25) is 9.79 Å². The number of aromatic nitrogens is 2. The van der Waals surface area contributed by atoms with Crippen molar-refractivity contribution in [3.63, 3.8) is 0 Å². The molecule has 0 radical (unpaired) electrons. The number of hydrogen-bond donors (Lipinski definition) is 1. The van der Waals surface area contributed by atoms with E-state index in [2.05, 4.69) is 20.3 Å². The van der Waals surface area contributed by atoms with Crippen molar-refractivity contribution in [3.05, 3.63) is 72.1 Å². The van der Waals surface area contributed by atoms with Gasteiger partial charge in [-0.2, -0.15) is 0 Å². The van der Waals surface area contributed by atoms with Crippen LogP contribution in [0, 0.1) is 0 Å². The number of hydrogen-bond acceptors (Lipinski definition) is 5. The van der Waals surface area contributed by atoms with Gasteiger partial charge in [0, 0.05) is 43.2 Å². The summed E-state index contributed by atoms with van der Waals surface area (Å²) >= 11 is 0. The van der Waals surface area contributed by atoms with E-state index in [4.69, 9.17) is 0 Å². The molecule has 3 aromatic rings. The standard InChI is InChI=1S/C21H19N5O/c1-26(2)21-23-11-16(12-24-21)15-8-9-18-17(10-15)20(22-13-19(27)25-18)14-6-4-3-5-7-14/h3-12H,13H2,1-2H3,(H,25,27).